The van der Waals surface area contributed by atoms with Crippen LogP contribution in [0.4, 0.5) is 9.59 Å². The molecule has 0 saturated carbocycles. The summed E-state index contributed by atoms with van der Waals surface area (Å²) in [6.45, 7) is 2.45. The summed E-state index contributed by atoms with van der Waals surface area (Å²) in [4.78, 5) is 52.2. The van der Waals surface area contributed by atoms with E-state index in [-0.39, 0.29) is 43.8 Å². The number of hydrogen-bond donors (Lipinski definition) is 3. The monoisotopic (exact) mass is 744 g/mol. The number of aliphatic hydroxyl groups excluding tert-OH is 2. The van der Waals surface area contributed by atoms with E-state index in [4.69, 9.17) is 9.47 Å². The van der Waals surface area contributed by atoms with Gasteiger partial charge in [-0.1, -0.05) is 60.7 Å². The van der Waals surface area contributed by atoms with E-state index in [0.717, 1.165) is 38.7 Å². The smallest absolute Gasteiger partial charge is 0.410 e. The quantitative estimate of drug-likeness (QED) is 0.173. The molecular weight excluding hydrogens is 700 g/mol. The lowest BCUT2D eigenvalue weighted by atomic mass is 10.0. The first-order valence-corrected chi connectivity index (χ1v) is 18.4. The van der Waals surface area contributed by atoms with Crippen LogP contribution in [0, 0.1) is 0 Å². The Balaban J connectivity index is 0.000000170. The Morgan fingerprint density at radius 1 is 0.709 bits per heavy atom. The molecule has 8 rings (SSSR count). The summed E-state index contributed by atoms with van der Waals surface area (Å²) >= 11 is 0. The minimum atomic E-state index is -0.594. The number of H-pyrrole nitrogens is 1. The van der Waals surface area contributed by atoms with E-state index in [1.807, 2.05) is 91.1 Å². The maximum Gasteiger partial charge on any atom is 0.410 e. The summed E-state index contributed by atoms with van der Waals surface area (Å²) in [6.07, 6.45) is 7.35. The van der Waals surface area contributed by atoms with Crippen molar-refractivity contribution in [1.29, 1.82) is 0 Å². The summed E-state index contributed by atoms with van der Waals surface area (Å²) < 4.78 is 12.4. The number of aromatic amines is 1. The van der Waals surface area contributed by atoms with Gasteiger partial charge in [-0.05, 0) is 72.2 Å². The Morgan fingerprint density at radius 3 is 1.80 bits per heavy atom. The van der Waals surface area contributed by atoms with Crippen LogP contribution in [0.5, 0.6) is 0 Å². The lowest BCUT2D eigenvalue weighted by Crippen LogP contribution is -2.37. The molecule has 2 aliphatic heterocycles. The number of benzene rings is 2. The summed E-state index contributed by atoms with van der Waals surface area (Å²) in [7, 11) is 0. The number of aliphatic hydroxyl groups is 2. The topological polar surface area (TPSA) is 163 Å². The molecule has 3 N–H and O–H groups in total. The van der Waals surface area contributed by atoms with Crippen molar-refractivity contribution >= 4 is 40.2 Å². The van der Waals surface area contributed by atoms with Gasteiger partial charge in [0.1, 0.15) is 24.5 Å². The number of carbonyl (C=O) groups excluding carboxylic acids is 3. The van der Waals surface area contributed by atoms with Gasteiger partial charge in [0.05, 0.1) is 25.3 Å². The Bertz CT molecular complexity index is 2240. The number of nitrogens with zero attached hydrogens (tertiary/aromatic N) is 5. The highest BCUT2D eigenvalue weighted by molar-refractivity contribution is 5.91. The summed E-state index contributed by atoms with van der Waals surface area (Å²) in [6, 6.07) is 26.4. The van der Waals surface area contributed by atoms with E-state index in [1.165, 1.54) is 11.5 Å². The minimum Gasteiger partial charge on any atom is -0.445 e. The maximum atomic E-state index is 12.7. The number of pyridine rings is 2. The van der Waals surface area contributed by atoms with Crippen LogP contribution in [0.3, 0.4) is 0 Å². The van der Waals surface area contributed by atoms with Gasteiger partial charge >= 0.3 is 12.2 Å². The fraction of sp³-hybridized carbons (Fsp3) is 0.310. The molecule has 4 atom stereocenters. The summed E-state index contributed by atoms with van der Waals surface area (Å²) in [5.74, 6) is -0.120. The second-order valence-corrected chi connectivity index (χ2v) is 14.0. The van der Waals surface area contributed by atoms with Crippen LogP contribution in [0.15, 0.2) is 110 Å². The predicted octanol–water partition coefficient (Wildman–Crippen LogP) is 5.89. The van der Waals surface area contributed by atoms with Gasteiger partial charge in [-0.15, -0.1) is 0 Å². The van der Waals surface area contributed by atoms with Gasteiger partial charge in [0.25, 0.3) is 0 Å². The molecule has 284 valence electrons. The van der Waals surface area contributed by atoms with Gasteiger partial charge in [-0.3, -0.25) is 9.36 Å². The van der Waals surface area contributed by atoms with Gasteiger partial charge < -0.3 is 34.5 Å². The van der Waals surface area contributed by atoms with Crippen LogP contribution in [-0.4, -0.2) is 95.0 Å². The standard InChI is InChI=1S/C22H23N3O4.C20H21N3O3/c1-15(26)24-12-17(20-8-5-9-23-21(20)24)10-18-11-19(27)13-25(18)22(28)29-14-16-6-3-2-4-7-16;24-17-10-16(9-15-11-22-19-18(15)7-4-8-21-19)23(12-17)20(25)26-13-14-5-2-1-3-6-14/h2-9,12,18-19,27H,10-11,13-14H2,1H3;1-8,11,16-17,24H,9-10,12-13H2,(H,21,22)/t18-,19-;16-,17-/m11/s1. The molecule has 0 spiro atoms. The molecule has 0 aliphatic carbocycles. The first-order chi connectivity index (χ1) is 26.7. The highest BCUT2D eigenvalue weighted by Gasteiger charge is 2.37. The molecule has 6 heterocycles. The van der Waals surface area contributed by atoms with E-state index in [2.05, 4.69) is 15.0 Å². The molecular formula is C42H44N6O7. The molecule has 2 aromatic carbocycles. The minimum absolute atomic E-state index is 0.0903. The van der Waals surface area contributed by atoms with Crippen molar-refractivity contribution in [3.05, 3.63) is 132 Å². The molecule has 0 radical (unpaired) electrons. The third-order valence-electron chi connectivity index (χ3n) is 10.1. The van der Waals surface area contributed by atoms with Gasteiger partial charge in [0.2, 0.25) is 5.91 Å². The Morgan fingerprint density at radius 2 is 1.24 bits per heavy atom. The molecule has 55 heavy (non-hydrogen) atoms. The van der Waals surface area contributed by atoms with E-state index in [0.29, 0.717) is 37.9 Å². The zero-order chi connectivity index (χ0) is 38.3. The second kappa shape index (κ2) is 17.0. The van der Waals surface area contributed by atoms with Gasteiger partial charge in [0, 0.05) is 54.6 Å². The average Bonchev–Trinajstić information content (AvgIpc) is 3.99. The Labute approximate surface area is 318 Å². The predicted molar refractivity (Wildman–Crippen MR) is 205 cm³/mol. The van der Waals surface area contributed by atoms with Gasteiger partial charge in [-0.25, -0.2) is 19.6 Å². The van der Waals surface area contributed by atoms with Gasteiger partial charge in [0.15, 0.2) is 0 Å². The van der Waals surface area contributed by atoms with Crippen molar-refractivity contribution < 1.29 is 34.1 Å². The van der Waals surface area contributed by atoms with Crippen molar-refractivity contribution in [3.63, 3.8) is 0 Å². The Hall–Kier alpha value is -6.05. The highest BCUT2D eigenvalue weighted by atomic mass is 16.6. The third-order valence-corrected chi connectivity index (χ3v) is 10.1. The van der Waals surface area contributed by atoms with Crippen molar-refractivity contribution in [3.8, 4) is 0 Å². The Kier molecular flexibility index (Phi) is 11.5. The van der Waals surface area contributed by atoms with Crippen molar-refractivity contribution in [1.82, 2.24) is 29.3 Å². The molecule has 13 nitrogen and oxygen atoms in total. The van der Waals surface area contributed by atoms with Crippen molar-refractivity contribution in [2.45, 2.75) is 70.1 Å². The number of carbonyl (C=O) groups is 3. The maximum absolute atomic E-state index is 12.7. The molecule has 2 amide bonds. The number of β-amino-alcohol motifs (C(OH)–C–C–N with tert-alkyl or cyclic N) is 2. The summed E-state index contributed by atoms with van der Waals surface area (Å²) in [5.41, 5.74) is 5.30. The fourth-order valence-corrected chi connectivity index (χ4v) is 7.44. The number of fused-ring (bicyclic) bond motifs is 2. The van der Waals surface area contributed by atoms with Crippen LogP contribution in [0.2, 0.25) is 0 Å². The molecule has 6 aromatic rings. The zero-order valence-electron chi connectivity index (χ0n) is 30.5. The van der Waals surface area contributed by atoms with Crippen LogP contribution in [0.1, 0.15) is 46.8 Å². The lowest BCUT2D eigenvalue weighted by Gasteiger charge is -2.23. The fourth-order valence-electron chi connectivity index (χ4n) is 7.44. The van der Waals surface area contributed by atoms with E-state index < -0.39 is 18.3 Å². The van der Waals surface area contributed by atoms with Crippen molar-refractivity contribution in [2.75, 3.05) is 13.1 Å². The number of amides is 2. The van der Waals surface area contributed by atoms with E-state index in [9.17, 15) is 24.6 Å². The second-order valence-electron chi connectivity index (χ2n) is 14.0. The first kappa shape index (κ1) is 37.3. The number of hydrogen-bond acceptors (Lipinski definition) is 9. The molecule has 2 saturated heterocycles. The third kappa shape index (κ3) is 8.85. The van der Waals surface area contributed by atoms with Crippen LogP contribution in [-0.2, 0) is 35.5 Å². The van der Waals surface area contributed by atoms with E-state index in [1.54, 1.807) is 28.4 Å². The van der Waals surface area contributed by atoms with E-state index >= 15 is 0 Å². The molecule has 0 bridgehead atoms. The largest absolute Gasteiger partial charge is 0.445 e. The number of rotatable bonds is 8. The van der Waals surface area contributed by atoms with Crippen molar-refractivity contribution in [2.24, 2.45) is 0 Å². The van der Waals surface area contributed by atoms with Gasteiger partial charge in [-0.2, -0.15) is 0 Å². The number of ether oxygens (including phenoxy) is 2. The number of aromatic nitrogens is 4. The average molecular weight is 745 g/mol. The molecule has 2 aliphatic rings. The zero-order valence-corrected chi connectivity index (χ0v) is 30.5. The number of nitrogens with one attached hydrogen (secondary N) is 1. The number of likely N-dealkylation sites (tertiary alicyclic amines) is 2. The lowest BCUT2D eigenvalue weighted by molar-refractivity contribution is 0.0872. The normalized spacial score (nSPS) is 19.3. The SMILES string of the molecule is CC(=O)n1cc(C[C@@H]2C[C@@H](O)CN2C(=O)OCc2ccccc2)c2cccnc21.O=C(OCc1ccccc1)N1C[C@H](O)C[C@H]1Cc1c[nH]c2ncccc12. The first-order valence-electron chi connectivity index (χ1n) is 18.4. The van der Waals surface area contributed by atoms with Crippen LogP contribution < -0.4 is 0 Å². The van der Waals surface area contributed by atoms with Crippen LogP contribution in [0.25, 0.3) is 22.1 Å². The molecule has 4 aromatic heterocycles. The van der Waals surface area contributed by atoms with Crippen LogP contribution >= 0.6 is 0 Å². The highest BCUT2D eigenvalue weighted by Crippen LogP contribution is 2.28. The summed E-state index contributed by atoms with van der Waals surface area (Å²) in [5, 5.41) is 22.2. The molecule has 13 heteroatoms. The molecule has 2 fully saturated rings. The molecule has 0 unspecified atom stereocenters.